The van der Waals surface area contributed by atoms with Gasteiger partial charge in [-0.1, -0.05) is 23.7 Å². The Morgan fingerprint density at radius 1 is 1.26 bits per heavy atom. The normalized spacial score (nSPS) is 11.1. The smallest absolute Gasteiger partial charge is 0.202 e. The van der Waals surface area contributed by atoms with Gasteiger partial charge in [0.15, 0.2) is 5.65 Å². The van der Waals surface area contributed by atoms with Crippen molar-refractivity contribution in [3.8, 4) is 0 Å². The summed E-state index contributed by atoms with van der Waals surface area (Å²) in [7, 11) is 0. The zero-order valence-electron chi connectivity index (χ0n) is 9.85. The highest BCUT2D eigenvalue weighted by atomic mass is 35.5. The molecule has 0 atom stereocenters. The molecule has 2 aromatic heterocycles. The molecule has 6 heteroatoms. The molecule has 2 N–H and O–H groups in total. The molecule has 0 saturated heterocycles. The van der Waals surface area contributed by atoms with Gasteiger partial charge in [0.25, 0.3) is 0 Å². The van der Waals surface area contributed by atoms with Gasteiger partial charge in [-0.05, 0) is 23.8 Å². The average Bonchev–Trinajstić information content (AvgIpc) is 2.68. The number of anilines is 1. The Labute approximate surface area is 113 Å². The number of aromatic nitrogens is 3. The quantitative estimate of drug-likeness (QED) is 0.783. The predicted molar refractivity (Wildman–Crippen MR) is 72.5 cm³/mol. The van der Waals surface area contributed by atoms with Crippen LogP contribution in [0.5, 0.6) is 0 Å². The Hall–Kier alpha value is -2.14. The largest absolute Gasteiger partial charge is 0.369 e. The first-order chi connectivity index (χ1) is 9.13. The van der Waals surface area contributed by atoms with E-state index < -0.39 is 0 Å². The number of rotatable bonds is 2. The third-order valence-electron chi connectivity index (χ3n) is 2.84. The molecule has 19 heavy (non-hydrogen) atoms. The minimum absolute atomic E-state index is 0.267. The first-order valence-electron chi connectivity index (χ1n) is 5.65. The molecule has 0 unspecified atom stereocenters. The molecule has 4 nitrogen and oxygen atoms in total. The highest BCUT2D eigenvalue weighted by molar-refractivity contribution is 6.31. The Balaban J connectivity index is 2.05. The van der Waals surface area contributed by atoms with Gasteiger partial charge in [0, 0.05) is 6.20 Å². The van der Waals surface area contributed by atoms with Crippen molar-refractivity contribution >= 4 is 28.7 Å². The highest BCUT2D eigenvalue weighted by Crippen LogP contribution is 2.20. The highest BCUT2D eigenvalue weighted by Gasteiger charge is 2.10. The number of imidazole rings is 1. The van der Waals surface area contributed by atoms with E-state index in [4.69, 9.17) is 17.3 Å². The average molecular weight is 277 g/mol. The lowest BCUT2D eigenvalue weighted by molar-refractivity contribution is 0.626. The number of fused-ring (bicyclic) bond motifs is 1. The minimum Gasteiger partial charge on any atom is -0.369 e. The second-order valence-corrected chi connectivity index (χ2v) is 4.62. The van der Waals surface area contributed by atoms with Crippen LogP contribution in [-0.2, 0) is 6.54 Å². The molecule has 3 rings (SSSR count). The van der Waals surface area contributed by atoms with Crippen molar-refractivity contribution in [1.82, 2.24) is 14.5 Å². The van der Waals surface area contributed by atoms with Crippen molar-refractivity contribution in [1.29, 1.82) is 0 Å². The summed E-state index contributed by atoms with van der Waals surface area (Å²) in [6, 6.07) is 7.94. The van der Waals surface area contributed by atoms with Gasteiger partial charge in [-0.3, -0.25) is 4.57 Å². The van der Waals surface area contributed by atoms with Gasteiger partial charge in [-0.15, -0.1) is 0 Å². The van der Waals surface area contributed by atoms with Crippen molar-refractivity contribution < 1.29 is 4.39 Å². The van der Waals surface area contributed by atoms with Crippen LogP contribution in [-0.4, -0.2) is 14.5 Å². The van der Waals surface area contributed by atoms with Crippen molar-refractivity contribution in [3.05, 3.63) is 52.9 Å². The van der Waals surface area contributed by atoms with E-state index in [1.165, 1.54) is 12.1 Å². The van der Waals surface area contributed by atoms with Crippen LogP contribution >= 0.6 is 11.6 Å². The predicted octanol–water partition coefficient (Wildman–Crippen LogP) is 2.85. The fraction of sp³-hybridized carbons (Fsp3) is 0.0769. The van der Waals surface area contributed by atoms with E-state index >= 15 is 0 Å². The third kappa shape index (κ3) is 2.24. The molecule has 0 radical (unpaired) electrons. The Morgan fingerprint density at radius 2 is 2.00 bits per heavy atom. The van der Waals surface area contributed by atoms with E-state index in [2.05, 4.69) is 9.97 Å². The van der Waals surface area contributed by atoms with E-state index in [9.17, 15) is 4.39 Å². The summed E-state index contributed by atoms with van der Waals surface area (Å²) in [5.41, 5.74) is 8.10. The summed E-state index contributed by atoms with van der Waals surface area (Å²) in [5, 5.41) is 0.513. The second-order valence-electron chi connectivity index (χ2n) is 4.18. The number of pyridine rings is 1. The number of halogens is 2. The number of nitrogens with two attached hydrogens (primary N) is 1. The lowest BCUT2D eigenvalue weighted by atomic mass is 10.2. The number of nitrogens with zero attached hydrogens (tertiary/aromatic N) is 3. The lowest BCUT2D eigenvalue weighted by Gasteiger charge is -2.05. The molecule has 2 heterocycles. The maximum atomic E-state index is 12.9. The Bertz CT molecular complexity index is 736. The molecule has 1 aromatic carbocycles. The molecule has 0 saturated carbocycles. The van der Waals surface area contributed by atoms with Gasteiger partial charge in [0.05, 0.1) is 11.6 Å². The van der Waals surface area contributed by atoms with Crippen molar-refractivity contribution in [2.45, 2.75) is 6.54 Å². The number of hydrogen-bond donors (Lipinski definition) is 1. The maximum absolute atomic E-state index is 12.9. The van der Waals surface area contributed by atoms with Crippen LogP contribution in [0.1, 0.15) is 5.56 Å². The van der Waals surface area contributed by atoms with Crippen LogP contribution in [0.15, 0.2) is 36.5 Å². The molecule has 0 aliphatic rings. The van der Waals surface area contributed by atoms with Gasteiger partial charge in [0.2, 0.25) is 5.95 Å². The van der Waals surface area contributed by atoms with Crippen molar-refractivity contribution in [2.24, 2.45) is 0 Å². The van der Waals surface area contributed by atoms with E-state index in [1.54, 1.807) is 29.0 Å². The van der Waals surface area contributed by atoms with Crippen LogP contribution in [0.25, 0.3) is 11.2 Å². The zero-order valence-corrected chi connectivity index (χ0v) is 10.6. The summed E-state index contributed by atoms with van der Waals surface area (Å²) in [5.74, 6) is 0.0891. The third-order valence-corrected chi connectivity index (χ3v) is 3.04. The molecule has 0 aliphatic carbocycles. The molecular weight excluding hydrogens is 267 g/mol. The van der Waals surface area contributed by atoms with Crippen molar-refractivity contribution in [3.63, 3.8) is 0 Å². The zero-order chi connectivity index (χ0) is 13.4. The summed E-state index contributed by atoms with van der Waals surface area (Å²) in [6.07, 6.45) is 1.55. The Morgan fingerprint density at radius 3 is 2.74 bits per heavy atom. The molecule has 0 bridgehead atoms. The number of nitrogen functional groups attached to an aromatic ring is 1. The summed E-state index contributed by atoms with van der Waals surface area (Å²) in [4.78, 5) is 8.44. The van der Waals surface area contributed by atoms with E-state index in [0.29, 0.717) is 28.7 Å². The maximum Gasteiger partial charge on any atom is 0.202 e. The lowest BCUT2D eigenvalue weighted by Crippen LogP contribution is -2.05. The van der Waals surface area contributed by atoms with Crippen LogP contribution in [0.4, 0.5) is 10.3 Å². The monoisotopic (exact) mass is 276 g/mol. The summed E-state index contributed by atoms with van der Waals surface area (Å²) in [6.45, 7) is 0.483. The second kappa shape index (κ2) is 4.51. The van der Waals surface area contributed by atoms with Gasteiger partial charge in [-0.2, -0.15) is 0 Å². The standard InChI is InChI=1S/C13H10ClFN4/c14-9-5-11-12(17-6-9)19(13(16)18-11)7-8-1-3-10(15)4-2-8/h1-6H,7H2,(H2,16,18). The SMILES string of the molecule is Nc1nc2cc(Cl)cnc2n1Cc1ccc(F)cc1. The first-order valence-corrected chi connectivity index (χ1v) is 6.03. The number of benzene rings is 1. The van der Waals surface area contributed by atoms with Crippen molar-refractivity contribution in [2.75, 3.05) is 5.73 Å². The van der Waals surface area contributed by atoms with Crippen LogP contribution in [0, 0.1) is 5.82 Å². The molecular formula is C13H10ClFN4. The fourth-order valence-corrected chi connectivity index (χ4v) is 2.08. The van der Waals surface area contributed by atoms with Crippen LogP contribution in [0.3, 0.4) is 0 Å². The molecule has 0 fully saturated rings. The molecule has 0 aliphatic heterocycles. The molecule has 3 aromatic rings. The van der Waals surface area contributed by atoms with Gasteiger partial charge >= 0.3 is 0 Å². The molecule has 0 amide bonds. The van der Waals surface area contributed by atoms with E-state index in [-0.39, 0.29) is 5.82 Å². The summed E-state index contributed by atoms with van der Waals surface area (Å²) < 4.78 is 14.6. The molecule has 0 spiro atoms. The van der Waals surface area contributed by atoms with Crippen LogP contribution < -0.4 is 5.73 Å². The minimum atomic E-state index is -0.267. The van der Waals surface area contributed by atoms with Gasteiger partial charge in [0.1, 0.15) is 11.3 Å². The first kappa shape index (κ1) is 11.9. The van der Waals surface area contributed by atoms with E-state index in [1.807, 2.05) is 0 Å². The Kier molecular flexibility index (Phi) is 2.83. The fourth-order valence-electron chi connectivity index (χ4n) is 1.93. The van der Waals surface area contributed by atoms with E-state index in [0.717, 1.165) is 5.56 Å². The number of hydrogen-bond acceptors (Lipinski definition) is 3. The van der Waals surface area contributed by atoms with Gasteiger partial charge in [-0.25, -0.2) is 14.4 Å². The summed E-state index contributed by atoms with van der Waals surface area (Å²) >= 11 is 5.86. The molecule has 96 valence electrons. The van der Waals surface area contributed by atoms with Gasteiger partial charge < -0.3 is 5.73 Å². The topological polar surface area (TPSA) is 56.7 Å². The van der Waals surface area contributed by atoms with Crippen LogP contribution in [0.2, 0.25) is 5.02 Å².